The third-order valence-electron chi connectivity index (χ3n) is 6.26. The Kier molecular flexibility index (Phi) is 6.33. The Labute approximate surface area is 159 Å². The fourth-order valence-electron chi connectivity index (χ4n) is 4.79. The van der Waals surface area contributed by atoms with Gasteiger partial charge < -0.3 is 15.5 Å². The molecule has 3 aliphatic rings. The van der Waals surface area contributed by atoms with Crippen molar-refractivity contribution in [3.05, 3.63) is 0 Å². The summed E-state index contributed by atoms with van der Waals surface area (Å²) in [7, 11) is 0. The van der Waals surface area contributed by atoms with E-state index in [0.717, 1.165) is 37.4 Å². The van der Waals surface area contributed by atoms with Crippen LogP contribution in [0.5, 0.6) is 0 Å². The molecule has 0 radical (unpaired) electrons. The van der Waals surface area contributed by atoms with E-state index in [1.165, 1.54) is 0 Å². The molecule has 0 atom stereocenters. The molecule has 3 rings (SSSR count). The maximum absolute atomic E-state index is 12.5. The Bertz CT molecular complexity index is 564. The van der Waals surface area contributed by atoms with Crippen LogP contribution in [0.25, 0.3) is 0 Å². The normalized spacial score (nSPS) is 25.0. The topological polar surface area (TPSA) is 113 Å². The highest BCUT2D eigenvalue weighted by atomic mass is 16.4. The quantitative estimate of drug-likeness (QED) is 0.581. The van der Waals surface area contributed by atoms with Gasteiger partial charge in [0.1, 0.15) is 0 Å². The number of hydrogen-bond acceptors (Lipinski definition) is 6. The molecule has 0 aromatic rings. The van der Waals surface area contributed by atoms with Gasteiger partial charge in [0, 0.05) is 32.2 Å². The summed E-state index contributed by atoms with van der Waals surface area (Å²) in [4.78, 5) is 38.6. The van der Waals surface area contributed by atoms with Gasteiger partial charge in [0.05, 0.1) is 0 Å². The van der Waals surface area contributed by atoms with E-state index in [4.69, 9.17) is 0 Å². The van der Waals surface area contributed by atoms with Gasteiger partial charge in [-0.1, -0.05) is 19.3 Å². The number of carboxylic acids is 2. The predicted molar refractivity (Wildman–Crippen MR) is 97.0 cm³/mol. The third kappa shape index (κ3) is 4.09. The molecule has 0 aromatic heterocycles. The van der Waals surface area contributed by atoms with Gasteiger partial charge in [-0.3, -0.25) is 9.69 Å². The van der Waals surface area contributed by atoms with E-state index in [1.54, 1.807) is 5.01 Å². The summed E-state index contributed by atoms with van der Waals surface area (Å²) >= 11 is 0. The zero-order chi connectivity index (χ0) is 19.4. The lowest BCUT2D eigenvalue weighted by molar-refractivity contribution is -0.196. The van der Waals surface area contributed by atoms with Gasteiger partial charge in [-0.25, -0.2) is 19.6 Å². The molecule has 0 unspecified atom stereocenters. The maximum Gasteiger partial charge on any atom is 0.396 e. The molecule has 0 bridgehead atoms. The number of amides is 1. The molecular formula is C18H30N4O5. The van der Waals surface area contributed by atoms with E-state index < -0.39 is 23.4 Å². The Morgan fingerprint density at radius 1 is 0.926 bits per heavy atom. The van der Waals surface area contributed by atoms with Crippen LogP contribution in [-0.2, 0) is 14.4 Å². The van der Waals surface area contributed by atoms with Crippen LogP contribution in [0.4, 0.5) is 0 Å². The summed E-state index contributed by atoms with van der Waals surface area (Å²) in [6.45, 7) is 4.36. The Hall–Kier alpha value is -1.71. The van der Waals surface area contributed by atoms with Crippen molar-refractivity contribution in [1.29, 1.82) is 0 Å². The fraction of sp³-hybridized carbons (Fsp3) is 0.833. The highest BCUT2D eigenvalue weighted by molar-refractivity contribution is 6.31. The summed E-state index contributed by atoms with van der Waals surface area (Å²) in [6.07, 6.45) is 5.04. The highest BCUT2D eigenvalue weighted by Crippen LogP contribution is 2.36. The van der Waals surface area contributed by atoms with Crippen molar-refractivity contribution in [3.63, 3.8) is 0 Å². The van der Waals surface area contributed by atoms with Crippen LogP contribution in [0.3, 0.4) is 0 Å². The third-order valence-corrected chi connectivity index (χ3v) is 6.26. The number of carbonyl (C=O) groups excluding carboxylic acids is 1. The fourth-order valence-corrected chi connectivity index (χ4v) is 4.79. The molecule has 2 saturated heterocycles. The summed E-state index contributed by atoms with van der Waals surface area (Å²) < 4.78 is 0. The van der Waals surface area contributed by atoms with Gasteiger partial charge in [0.25, 0.3) is 0 Å². The van der Waals surface area contributed by atoms with Crippen LogP contribution in [0.15, 0.2) is 0 Å². The second-order valence-corrected chi connectivity index (χ2v) is 7.79. The molecule has 3 fully saturated rings. The van der Waals surface area contributed by atoms with Crippen molar-refractivity contribution < 1.29 is 24.6 Å². The molecule has 1 saturated carbocycles. The summed E-state index contributed by atoms with van der Waals surface area (Å²) in [5, 5.41) is 25.4. The predicted octanol–water partition coefficient (Wildman–Crippen LogP) is -0.0283. The average molecular weight is 382 g/mol. The first-order valence-corrected chi connectivity index (χ1v) is 9.96. The summed E-state index contributed by atoms with van der Waals surface area (Å²) in [5.74, 6) is -3.82. The number of piperazine rings is 1. The molecule has 3 N–H and O–H groups in total. The molecule has 0 spiro atoms. The van der Waals surface area contributed by atoms with Gasteiger partial charge in [0.2, 0.25) is 0 Å². The van der Waals surface area contributed by atoms with Gasteiger partial charge >= 0.3 is 17.8 Å². The highest BCUT2D eigenvalue weighted by Gasteiger charge is 2.52. The van der Waals surface area contributed by atoms with Crippen LogP contribution < -0.4 is 5.32 Å². The average Bonchev–Trinajstić information content (AvgIpc) is 2.70. The van der Waals surface area contributed by atoms with Crippen LogP contribution >= 0.6 is 0 Å². The van der Waals surface area contributed by atoms with Crippen LogP contribution in [0.2, 0.25) is 0 Å². The molecular weight excluding hydrogens is 352 g/mol. The lowest BCUT2D eigenvalue weighted by Crippen LogP contribution is -2.68. The molecule has 0 aromatic carbocycles. The monoisotopic (exact) mass is 382 g/mol. The molecule has 1 aliphatic carbocycles. The van der Waals surface area contributed by atoms with Crippen LogP contribution in [-0.4, -0.2) is 93.8 Å². The van der Waals surface area contributed by atoms with Crippen molar-refractivity contribution in [2.45, 2.75) is 56.5 Å². The number of carboxylic acid groups (broad SMARTS) is 2. The second-order valence-electron chi connectivity index (χ2n) is 7.79. The molecule has 152 valence electrons. The molecule has 9 nitrogen and oxygen atoms in total. The van der Waals surface area contributed by atoms with E-state index >= 15 is 0 Å². The zero-order valence-corrected chi connectivity index (χ0v) is 15.7. The minimum absolute atomic E-state index is 0.301. The maximum atomic E-state index is 12.5. The van der Waals surface area contributed by atoms with E-state index in [2.05, 4.69) is 10.2 Å². The van der Waals surface area contributed by atoms with Crippen molar-refractivity contribution in [1.82, 2.24) is 20.2 Å². The first-order valence-electron chi connectivity index (χ1n) is 9.96. The van der Waals surface area contributed by atoms with Crippen molar-refractivity contribution in [3.8, 4) is 0 Å². The largest absolute Gasteiger partial charge is 0.479 e. The lowest BCUT2D eigenvalue weighted by Gasteiger charge is -2.50. The minimum Gasteiger partial charge on any atom is -0.479 e. The number of piperidine rings is 1. The second kappa shape index (κ2) is 8.53. The van der Waals surface area contributed by atoms with E-state index in [9.17, 15) is 24.6 Å². The Morgan fingerprint density at radius 2 is 1.52 bits per heavy atom. The minimum atomic E-state index is -1.60. The summed E-state index contributed by atoms with van der Waals surface area (Å²) in [6, 6.07) is 0.500. The molecule has 9 heteroatoms. The number of aliphatic carboxylic acids is 2. The van der Waals surface area contributed by atoms with Gasteiger partial charge in [-0.2, -0.15) is 0 Å². The van der Waals surface area contributed by atoms with Crippen molar-refractivity contribution in [2.24, 2.45) is 0 Å². The first kappa shape index (κ1) is 20.0. The molecule has 27 heavy (non-hydrogen) atoms. The number of hydrogen-bond donors (Lipinski definition) is 3. The van der Waals surface area contributed by atoms with Crippen molar-refractivity contribution in [2.75, 3.05) is 39.3 Å². The first-order chi connectivity index (χ1) is 13.0. The molecule has 2 aliphatic heterocycles. The van der Waals surface area contributed by atoms with Gasteiger partial charge in [-0.05, 0) is 38.8 Å². The van der Waals surface area contributed by atoms with Crippen molar-refractivity contribution >= 4 is 17.8 Å². The van der Waals surface area contributed by atoms with Gasteiger partial charge in [-0.15, -0.1) is 0 Å². The van der Waals surface area contributed by atoms with Crippen LogP contribution in [0, 0.1) is 0 Å². The Morgan fingerprint density at radius 3 is 2.04 bits per heavy atom. The SMILES string of the molecule is O=C(O)C(=O)N(N1CCN(C2CCNCC2)CC1)C1(C(=O)O)CCCCC1. The molecule has 2 heterocycles. The number of nitrogens with one attached hydrogen (secondary N) is 1. The zero-order valence-electron chi connectivity index (χ0n) is 15.7. The number of carbonyl (C=O) groups is 3. The van der Waals surface area contributed by atoms with Crippen LogP contribution in [0.1, 0.15) is 44.9 Å². The smallest absolute Gasteiger partial charge is 0.396 e. The van der Waals surface area contributed by atoms with E-state index in [0.29, 0.717) is 57.9 Å². The lowest BCUT2D eigenvalue weighted by atomic mass is 9.81. The number of hydrazine groups is 1. The summed E-state index contributed by atoms with van der Waals surface area (Å²) in [5.41, 5.74) is -1.44. The standard InChI is InChI=1S/C18H30N4O5/c23-15(16(24)25)22(18(17(26)27)6-2-1-3-7-18)21-12-10-20(11-13-21)14-4-8-19-9-5-14/h14,19H,1-13H2,(H,24,25)(H,26,27). The molecule has 1 amide bonds. The van der Waals surface area contributed by atoms with E-state index in [1.807, 2.05) is 0 Å². The number of rotatable bonds is 4. The Balaban J connectivity index is 1.77. The van der Waals surface area contributed by atoms with Gasteiger partial charge in [0.15, 0.2) is 5.54 Å². The van der Waals surface area contributed by atoms with E-state index in [-0.39, 0.29) is 0 Å². The number of nitrogens with zero attached hydrogens (tertiary/aromatic N) is 3.